The molecule has 0 saturated carbocycles. The molecule has 3 atom stereocenters. The standard InChI is InChI=1S/C51H95O10P/c1-3-5-7-9-11-13-15-17-19-21-23-24-25-27-29-31-33-35-37-39-41-43-51(55)61-49(45-53)47-59-62(56,57)58-46-48(44-52)60-50(54)42-40-38-36-34-32-30-28-26-22-20-18-16-14-12-10-8-6-4-2/h15,17,20-23,48-49,52-53H,3-14,16,18-19,24-47H2,1-2H3,(H,56,57)/b17-15-,22-20-,23-21-. The van der Waals surface area contributed by atoms with E-state index in [2.05, 4.69) is 50.3 Å². The summed E-state index contributed by atoms with van der Waals surface area (Å²) in [4.78, 5) is 34.7. The zero-order chi connectivity index (χ0) is 45.5. The smallest absolute Gasteiger partial charge is 0.457 e. The Hall–Kier alpha value is -1.81. The van der Waals surface area contributed by atoms with E-state index in [0.717, 1.165) is 57.8 Å². The Morgan fingerprint density at radius 2 is 0.710 bits per heavy atom. The lowest BCUT2D eigenvalue weighted by Crippen LogP contribution is -2.28. The third-order valence-electron chi connectivity index (χ3n) is 11.1. The highest BCUT2D eigenvalue weighted by molar-refractivity contribution is 7.47. The summed E-state index contributed by atoms with van der Waals surface area (Å²) in [6, 6.07) is 0. The van der Waals surface area contributed by atoms with Crippen molar-refractivity contribution in [3.8, 4) is 0 Å². The number of hydrogen-bond acceptors (Lipinski definition) is 9. The SMILES string of the molecule is CCCCCCC/C=C\C/C=C\CCCCCCCCCCCC(=O)OC(CO)COP(=O)(O)OCC(CO)OC(=O)CCCCCCCCC/C=C\CCCCCCCCC. The quantitative estimate of drug-likeness (QED) is 0.0233. The van der Waals surface area contributed by atoms with Gasteiger partial charge in [0.15, 0.2) is 0 Å². The second-order valence-electron chi connectivity index (χ2n) is 17.1. The lowest BCUT2D eigenvalue weighted by Gasteiger charge is -2.20. The highest BCUT2D eigenvalue weighted by atomic mass is 31.2. The molecule has 0 radical (unpaired) electrons. The van der Waals surface area contributed by atoms with Crippen LogP contribution in [0.5, 0.6) is 0 Å². The molecule has 62 heavy (non-hydrogen) atoms. The summed E-state index contributed by atoms with van der Waals surface area (Å²) in [5.74, 6) is -1.02. The largest absolute Gasteiger partial charge is 0.472 e. The average molecular weight is 899 g/mol. The Labute approximate surface area is 380 Å². The summed E-state index contributed by atoms with van der Waals surface area (Å²) < 4.78 is 32.7. The average Bonchev–Trinajstić information content (AvgIpc) is 3.26. The zero-order valence-corrected chi connectivity index (χ0v) is 40.7. The van der Waals surface area contributed by atoms with E-state index in [9.17, 15) is 29.3 Å². The minimum atomic E-state index is -4.64. The van der Waals surface area contributed by atoms with Crippen molar-refractivity contribution in [2.24, 2.45) is 0 Å². The van der Waals surface area contributed by atoms with Crippen molar-refractivity contribution < 1.29 is 47.8 Å². The molecule has 0 aliphatic heterocycles. The van der Waals surface area contributed by atoms with E-state index in [1.807, 2.05) is 0 Å². The molecule has 0 aromatic rings. The van der Waals surface area contributed by atoms with Gasteiger partial charge >= 0.3 is 19.8 Å². The molecule has 10 nitrogen and oxygen atoms in total. The number of hydrogen-bond donors (Lipinski definition) is 3. The summed E-state index contributed by atoms with van der Waals surface area (Å²) in [7, 11) is -4.64. The summed E-state index contributed by atoms with van der Waals surface area (Å²) in [5, 5.41) is 19.2. The molecule has 0 aliphatic carbocycles. The molecule has 0 aromatic carbocycles. The predicted octanol–water partition coefficient (Wildman–Crippen LogP) is 14.3. The third kappa shape index (κ3) is 44.8. The molecule has 0 spiro atoms. The fourth-order valence-corrected chi connectivity index (χ4v) is 7.93. The number of unbranched alkanes of at least 4 members (excludes halogenated alkanes) is 28. The highest BCUT2D eigenvalue weighted by Gasteiger charge is 2.27. The molecular formula is C51H95O10P. The maximum Gasteiger partial charge on any atom is 0.472 e. The number of aliphatic hydroxyl groups excluding tert-OH is 2. The lowest BCUT2D eigenvalue weighted by atomic mass is 10.1. The Bertz CT molecular complexity index is 1130. The summed E-state index contributed by atoms with van der Waals surface area (Å²) >= 11 is 0. The minimum Gasteiger partial charge on any atom is -0.457 e. The summed E-state index contributed by atoms with van der Waals surface area (Å²) in [6.45, 7) is 2.22. The molecule has 3 N–H and O–H groups in total. The molecule has 0 bridgehead atoms. The number of allylic oxidation sites excluding steroid dienone is 6. The Kier molecular flexibility index (Phi) is 45.8. The van der Waals surface area contributed by atoms with Gasteiger partial charge in [-0.25, -0.2) is 4.57 Å². The van der Waals surface area contributed by atoms with Crippen molar-refractivity contribution in [2.45, 2.75) is 251 Å². The molecule has 364 valence electrons. The number of esters is 2. The van der Waals surface area contributed by atoms with E-state index in [-0.39, 0.29) is 12.8 Å². The number of phosphoric acid groups is 1. The van der Waals surface area contributed by atoms with Gasteiger partial charge in [-0.1, -0.05) is 192 Å². The van der Waals surface area contributed by atoms with Crippen molar-refractivity contribution in [1.29, 1.82) is 0 Å². The van der Waals surface area contributed by atoms with Gasteiger partial charge in [0.1, 0.15) is 12.2 Å². The Balaban J connectivity index is 3.85. The molecule has 0 heterocycles. The van der Waals surface area contributed by atoms with Gasteiger partial charge < -0.3 is 24.6 Å². The Morgan fingerprint density at radius 1 is 0.435 bits per heavy atom. The van der Waals surface area contributed by atoms with Gasteiger partial charge in [-0.15, -0.1) is 0 Å². The maximum absolute atomic E-state index is 12.4. The molecular weight excluding hydrogens is 804 g/mol. The molecule has 11 heteroatoms. The van der Waals surface area contributed by atoms with Crippen LogP contribution in [0.3, 0.4) is 0 Å². The fourth-order valence-electron chi connectivity index (χ4n) is 7.14. The van der Waals surface area contributed by atoms with Crippen LogP contribution in [0, 0.1) is 0 Å². The second kappa shape index (κ2) is 47.2. The minimum absolute atomic E-state index is 0.188. The highest BCUT2D eigenvalue weighted by Crippen LogP contribution is 2.43. The molecule has 3 unspecified atom stereocenters. The van der Waals surface area contributed by atoms with Crippen LogP contribution in [0.2, 0.25) is 0 Å². The maximum atomic E-state index is 12.4. The number of aliphatic hydroxyl groups is 2. The molecule has 0 fully saturated rings. The molecule has 0 amide bonds. The van der Waals surface area contributed by atoms with Crippen molar-refractivity contribution in [2.75, 3.05) is 26.4 Å². The Morgan fingerprint density at radius 3 is 1.02 bits per heavy atom. The van der Waals surface area contributed by atoms with Crippen molar-refractivity contribution in [3.63, 3.8) is 0 Å². The number of rotatable bonds is 48. The predicted molar refractivity (Wildman–Crippen MR) is 256 cm³/mol. The normalized spacial score (nSPS) is 14.0. The lowest BCUT2D eigenvalue weighted by molar-refractivity contribution is -0.153. The van der Waals surface area contributed by atoms with Crippen LogP contribution in [-0.4, -0.2) is 65.7 Å². The number of carbonyl (C=O) groups excluding carboxylic acids is 2. The summed E-state index contributed by atoms with van der Waals surface area (Å²) in [5.41, 5.74) is 0. The van der Waals surface area contributed by atoms with Crippen LogP contribution in [0.4, 0.5) is 0 Å². The first-order valence-corrected chi connectivity index (χ1v) is 26.9. The van der Waals surface area contributed by atoms with Crippen LogP contribution in [0.15, 0.2) is 36.5 Å². The van der Waals surface area contributed by atoms with Gasteiger partial charge in [0.25, 0.3) is 0 Å². The van der Waals surface area contributed by atoms with Crippen LogP contribution < -0.4 is 0 Å². The number of phosphoric ester groups is 1. The van der Waals surface area contributed by atoms with E-state index < -0.39 is 58.4 Å². The first-order chi connectivity index (χ1) is 30.3. The topological polar surface area (TPSA) is 149 Å². The van der Waals surface area contributed by atoms with Gasteiger partial charge in [-0.05, 0) is 70.6 Å². The van der Waals surface area contributed by atoms with E-state index in [0.29, 0.717) is 12.8 Å². The molecule has 0 aliphatic rings. The summed E-state index contributed by atoms with van der Waals surface area (Å²) in [6.07, 6.45) is 51.1. The van der Waals surface area contributed by atoms with Crippen LogP contribution >= 0.6 is 7.82 Å². The monoisotopic (exact) mass is 899 g/mol. The van der Waals surface area contributed by atoms with Crippen molar-refractivity contribution in [1.82, 2.24) is 0 Å². The van der Waals surface area contributed by atoms with Crippen LogP contribution in [0.1, 0.15) is 239 Å². The van der Waals surface area contributed by atoms with Gasteiger partial charge in [0.05, 0.1) is 26.4 Å². The number of carbonyl (C=O) groups is 2. The first kappa shape index (κ1) is 60.2. The fraction of sp³-hybridized carbons (Fsp3) is 0.843. The number of ether oxygens (including phenoxy) is 2. The zero-order valence-electron chi connectivity index (χ0n) is 39.8. The van der Waals surface area contributed by atoms with Crippen molar-refractivity contribution >= 4 is 19.8 Å². The molecule has 0 saturated heterocycles. The van der Waals surface area contributed by atoms with E-state index in [1.54, 1.807) is 0 Å². The molecule has 0 aromatic heterocycles. The van der Waals surface area contributed by atoms with Gasteiger partial charge in [0, 0.05) is 12.8 Å². The van der Waals surface area contributed by atoms with E-state index in [4.69, 9.17) is 18.5 Å². The van der Waals surface area contributed by atoms with Crippen LogP contribution in [-0.2, 0) is 32.7 Å². The second-order valence-corrected chi connectivity index (χ2v) is 18.6. The van der Waals surface area contributed by atoms with Gasteiger partial charge in [-0.3, -0.25) is 18.6 Å². The first-order valence-electron chi connectivity index (χ1n) is 25.4. The third-order valence-corrected chi connectivity index (χ3v) is 12.0. The van der Waals surface area contributed by atoms with E-state index in [1.165, 1.54) is 141 Å². The van der Waals surface area contributed by atoms with E-state index >= 15 is 0 Å². The van der Waals surface area contributed by atoms with Crippen molar-refractivity contribution in [3.05, 3.63) is 36.5 Å². The van der Waals surface area contributed by atoms with Gasteiger partial charge in [-0.2, -0.15) is 0 Å². The van der Waals surface area contributed by atoms with Crippen LogP contribution in [0.25, 0.3) is 0 Å². The molecule has 0 rings (SSSR count). The van der Waals surface area contributed by atoms with Gasteiger partial charge in [0.2, 0.25) is 0 Å².